The Labute approximate surface area is 332 Å². The van der Waals surface area contributed by atoms with E-state index in [1.165, 1.54) is 89.0 Å². The minimum absolute atomic E-state index is 0.361. The Bertz CT molecular complexity index is 2790. The van der Waals surface area contributed by atoms with Crippen molar-refractivity contribution in [2.45, 2.75) is 10.8 Å². The summed E-state index contributed by atoms with van der Waals surface area (Å²) < 4.78 is 0. The summed E-state index contributed by atoms with van der Waals surface area (Å²) in [5.41, 5.74) is 24.3. The first-order chi connectivity index (χ1) is 28.3. The first-order valence-electron chi connectivity index (χ1n) is 20.0. The van der Waals surface area contributed by atoms with Crippen molar-refractivity contribution in [2.75, 3.05) is 4.90 Å². The van der Waals surface area contributed by atoms with E-state index < -0.39 is 0 Å². The molecule has 0 saturated carbocycles. The van der Waals surface area contributed by atoms with E-state index in [9.17, 15) is 0 Å². The molecule has 9 aromatic rings. The van der Waals surface area contributed by atoms with Gasteiger partial charge < -0.3 is 4.90 Å². The lowest BCUT2D eigenvalue weighted by Gasteiger charge is -2.33. The number of hydrogen-bond acceptors (Lipinski definition) is 1. The second kappa shape index (κ2) is 11.2. The zero-order valence-electron chi connectivity index (χ0n) is 31.2. The van der Waals surface area contributed by atoms with Crippen LogP contribution in [0.1, 0.15) is 44.5 Å². The molecule has 13 rings (SSSR count). The fourth-order valence-corrected chi connectivity index (χ4v) is 11.5. The Kier molecular flexibility index (Phi) is 6.09. The fourth-order valence-electron chi connectivity index (χ4n) is 11.5. The molecule has 0 unspecified atom stereocenters. The van der Waals surface area contributed by atoms with Crippen molar-refractivity contribution in [1.82, 2.24) is 0 Å². The van der Waals surface area contributed by atoms with Crippen LogP contribution in [0, 0.1) is 0 Å². The lowest BCUT2D eigenvalue weighted by atomic mass is 9.70. The molecule has 0 bridgehead atoms. The van der Waals surface area contributed by atoms with Crippen LogP contribution >= 0.6 is 0 Å². The maximum absolute atomic E-state index is 2.40. The minimum atomic E-state index is -0.361. The molecule has 1 nitrogen and oxygen atoms in total. The van der Waals surface area contributed by atoms with Gasteiger partial charge in [-0.15, -0.1) is 0 Å². The van der Waals surface area contributed by atoms with Crippen LogP contribution in [0.15, 0.2) is 212 Å². The van der Waals surface area contributed by atoms with Crippen molar-refractivity contribution in [2.24, 2.45) is 0 Å². The summed E-state index contributed by atoms with van der Waals surface area (Å²) in [6.07, 6.45) is 0. The van der Waals surface area contributed by atoms with E-state index >= 15 is 0 Å². The van der Waals surface area contributed by atoms with Crippen LogP contribution in [-0.2, 0) is 10.8 Å². The average Bonchev–Trinajstić information content (AvgIpc) is 3.97. The zero-order chi connectivity index (χ0) is 37.3. The third-order valence-corrected chi connectivity index (χ3v) is 13.5. The number of anilines is 3. The molecule has 0 aromatic heterocycles. The van der Waals surface area contributed by atoms with Gasteiger partial charge in [0.15, 0.2) is 0 Å². The van der Waals surface area contributed by atoms with Gasteiger partial charge in [0.25, 0.3) is 0 Å². The van der Waals surface area contributed by atoms with Gasteiger partial charge in [-0.3, -0.25) is 0 Å². The van der Waals surface area contributed by atoms with Crippen LogP contribution in [0.5, 0.6) is 0 Å². The first-order valence-corrected chi connectivity index (χ1v) is 20.0. The van der Waals surface area contributed by atoms with Gasteiger partial charge >= 0.3 is 0 Å². The van der Waals surface area contributed by atoms with Crippen molar-refractivity contribution >= 4 is 17.1 Å². The number of para-hydroxylation sites is 1. The van der Waals surface area contributed by atoms with Gasteiger partial charge in [-0.25, -0.2) is 0 Å². The number of rotatable bonds is 5. The van der Waals surface area contributed by atoms with Crippen molar-refractivity contribution in [3.63, 3.8) is 0 Å². The highest BCUT2D eigenvalue weighted by atomic mass is 15.1. The molecule has 0 atom stereocenters. The summed E-state index contributed by atoms with van der Waals surface area (Å²) in [5.74, 6) is 0. The van der Waals surface area contributed by atoms with E-state index in [0.29, 0.717) is 0 Å². The van der Waals surface area contributed by atoms with Gasteiger partial charge in [0.1, 0.15) is 0 Å². The van der Waals surface area contributed by atoms with Gasteiger partial charge in [0.2, 0.25) is 0 Å². The molecular weight excluding hydrogens is 687 g/mol. The second-order valence-electron chi connectivity index (χ2n) is 15.9. The third kappa shape index (κ3) is 3.75. The van der Waals surface area contributed by atoms with Gasteiger partial charge in [-0.2, -0.15) is 0 Å². The Balaban J connectivity index is 0.970. The Morgan fingerprint density at radius 3 is 0.860 bits per heavy atom. The molecule has 4 aliphatic carbocycles. The predicted molar refractivity (Wildman–Crippen MR) is 234 cm³/mol. The Hall–Kier alpha value is -7.22. The van der Waals surface area contributed by atoms with Crippen molar-refractivity contribution in [3.05, 3.63) is 257 Å². The topological polar surface area (TPSA) is 3.24 Å². The molecular formula is C56H35N. The zero-order valence-corrected chi connectivity index (χ0v) is 31.2. The third-order valence-electron chi connectivity index (χ3n) is 13.5. The molecule has 0 heterocycles. The summed E-state index contributed by atoms with van der Waals surface area (Å²) in [6, 6.07) is 79.5. The second-order valence-corrected chi connectivity index (χ2v) is 15.9. The van der Waals surface area contributed by atoms with Crippen molar-refractivity contribution < 1.29 is 0 Å². The molecule has 0 radical (unpaired) electrons. The molecule has 57 heavy (non-hydrogen) atoms. The fraction of sp³-hybridized carbons (Fsp3) is 0.0357. The molecule has 0 fully saturated rings. The van der Waals surface area contributed by atoms with Crippen LogP contribution in [0.25, 0.3) is 44.5 Å². The van der Waals surface area contributed by atoms with Gasteiger partial charge in [0, 0.05) is 17.1 Å². The Morgan fingerprint density at radius 1 is 0.228 bits per heavy atom. The molecule has 264 valence electrons. The van der Waals surface area contributed by atoms with Crippen LogP contribution in [0.2, 0.25) is 0 Å². The van der Waals surface area contributed by atoms with Crippen LogP contribution in [0.4, 0.5) is 17.1 Å². The predicted octanol–water partition coefficient (Wildman–Crippen LogP) is 13.8. The summed E-state index contributed by atoms with van der Waals surface area (Å²) in [5, 5.41) is 0. The van der Waals surface area contributed by atoms with Crippen LogP contribution in [0.3, 0.4) is 0 Å². The van der Waals surface area contributed by atoms with Gasteiger partial charge in [-0.1, -0.05) is 176 Å². The summed E-state index contributed by atoms with van der Waals surface area (Å²) in [4.78, 5) is 2.40. The maximum atomic E-state index is 2.40. The first kappa shape index (κ1) is 31.0. The molecule has 1 heteroatoms. The monoisotopic (exact) mass is 721 g/mol. The largest absolute Gasteiger partial charge is 0.311 e. The van der Waals surface area contributed by atoms with Gasteiger partial charge in [-0.05, 0) is 125 Å². The molecule has 0 amide bonds. The SMILES string of the molecule is c1ccc(N(c2ccc(C34c5ccccc5-c5cccc(c53)-c3ccccc34)cc2)c2ccc(C34c5ccccc5-c5cccc(c53)-c3ccccc34)cc2)cc1. The van der Waals surface area contributed by atoms with E-state index in [0.717, 1.165) is 17.1 Å². The normalized spacial score (nSPS) is 14.6. The Morgan fingerprint density at radius 2 is 0.509 bits per heavy atom. The standard InChI is InChI=1S/C56H35N/c1-2-14-38(15-3-1)57(39-32-28-36(29-33-39)55-49-24-8-4-16-41(49)45-20-12-21-46(53(45)55)42-17-5-9-25-50(42)55)40-34-30-37(31-35-40)56-51-26-10-6-18-43(51)47-22-13-23-48(54(47)56)44-19-7-11-27-52(44)56/h1-35H. The minimum Gasteiger partial charge on any atom is -0.311 e. The highest BCUT2D eigenvalue weighted by Gasteiger charge is 2.53. The average molecular weight is 722 g/mol. The summed E-state index contributed by atoms with van der Waals surface area (Å²) in [7, 11) is 0. The lowest BCUT2D eigenvalue weighted by Crippen LogP contribution is -2.26. The van der Waals surface area contributed by atoms with E-state index in [1.54, 1.807) is 0 Å². The number of benzene rings is 9. The van der Waals surface area contributed by atoms with E-state index in [1.807, 2.05) is 0 Å². The molecule has 4 aliphatic rings. The maximum Gasteiger partial charge on any atom is 0.0725 e. The van der Waals surface area contributed by atoms with E-state index in [4.69, 9.17) is 0 Å². The van der Waals surface area contributed by atoms with Crippen LogP contribution < -0.4 is 4.90 Å². The summed E-state index contributed by atoms with van der Waals surface area (Å²) in [6.45, 7) is 0. The molecule has 0 N–H and O–H groups in total. The van der Waals surface area contributed by atoms with Gasteiger partial charge in [0.05, 0.1) is 10.8 Å². The quantitative estimate of drug-likeness (QED) is 0.171. The lowest BCUT2D eigenvalue weighted by molar-refractivity contribution is 0.791. The van der Waals surface area contributed by atoms with E-state index in [2.05, 4.69) is 217 Å². The number of fused-ring (bicyclic) bond motifs is 12. The number of hydrogen-bond donors (Lipinski definition) is 0. The van der Waals surface area contributed by atoms with Crippen molar-refractivity contribution in [3.8, 4) is 44.5 Å². The molecule has 0 saturated heterocycles. The molecule has 0 aliphatic heterocycles. The van der Waals surface area contributed by atoms with Crippen molar-refractivity contribution in [1.29, 1.82) is 0 Å². The smallest absolute Gasteiger partial charge is 0.0725 e. The van der Waals surface area contributed by atoms with E-state index in [-0.39, 0.29) is 10.8 Å². The highest BCUT2D eigenvalue weighted by molar-refractivity contribution is 6.00. The van der Waals surface area contributed by atoms with Crippen LogP contribution in [-0.4, -0.2) is 0 Å². The number of nitrogens with zero attached hydrogens (tertiary/aromatic N) is 1. The highest BCUT2D eigenvalue weighted by Crippen LogP contribution is 2.65. The molecule has 0 spiro atoms. The molecule has 9 aromatic carbocycles. The summed E-state index contributed by atoms with van der Waals surface area (Å²) >= 11 is 0.